The van der Waals surface area contributed by atoms with E-state index in [0.29, 0.717) is 11.5 Å². The van der Waals surface area contributed by atoms with E-state index < -0.39 is 9.04 Å². The van der Waals surface area contributed by atoms with Crippen LogP contribution in [-0.4, -0.2) is 21.3 Å². The molecule has 3 aromatic carbocycles. The standard InChI is InChI=1S/C23H26O3Si/c1-23(2,3)20-15-17(25-4)16-21(24)22(20)26-27(18-11-7-5-8-12-18)19-13-9-6-10-14-19/h5-16,24,27H,1-4H3. The van der Waals surface area contributed by atoms with Crippen molar-refractivity contribution in [2.75, 3.05) is 7.11 Å². The molecule has 4 heteroatoms. The van der Waals surface area contributed by atoms with E-state index in [9.17, 15) is 5.11 Å². The summed E-state index contributed by atoms with van der Waals surface area (Å²) in [6, 6.07) is 24.1. The van der Waals surface area contributed by atoms with Crippen LogP contribution in [0.2, 0.25) is 0 Å². The van der Waals surface area contributed by atoms with Crippen LogP contribution < -0.4 is 19.5 Å². The average molecular weight is 379 g/mol. The first kappa shape index (κ1) is 19.0. The molecule has 0 radical (unpaired) electrons. The molecule has 0 heterocycles. The van der Waals surface area contributed by atoms with Gasteiger partial charge in [-0.1, -0.05) is 81.4 Å². The van der Waals surface area contributed by atoms with E-state index in [-0.39, 0.29) is 11.2 Å². The van der Waals surface area contributed by atoms with Gasteiger partial charge in [-0.15, -0.1) is 0 Å². The zero-order valence-electron chi connectivity index (χ0n) is 16.3. The van der Waals surface area contributed by atoms with Crippen LogP contribution in [0.4, 0.5) is 0 Å². The summed E-state index contributed by atoms with van der Waals surface area (Å²) in [6.07, 6.45) is 0. The van der Waals surface area contributed by atoms with Crippen LogP contribution in [0.3, 0.4) is 0 Å². The van der Waals surface area contributed by atoms with Crippen LogP contribution in [-0.2, 0) is 5.41 Å². The van der Waals surface area contributed by atoms with Gasteiger partial charge in [0, 0.05) is 11.6 Å². The highest BCUT2D eigenvalue weighted by Crippen LogP contribution is 2.41. The van der Waals surface area contributed by atoms with Gasteiger partial charge in [-0.05, 0) is 21.9 Å². The number of aromatic hydroxyl groups is 1. The monoisotopic (exact) mass is 378 g/mol. The summed E-state index contributed by atoms with van der Waals surface area (Å²) < 4.78 is 12.0. The van der Waals surface area contributed by atoms with Crippen molar-refractivity contribution in [3.8, 4) is 17.2 Å². The summed E-state index contributed by atoms with van der Waals surface area (Å²) in [5.41, 5.74) is 0.733. The minimum atomic E-state index is -2.03. The Morgan fingerprint density at radius 3 is 1.78 bits per heavy atom. The van der Waals surface area contributed by atoms with Gasteiger partial charge in [0.15, 0.2) is 11.5 Å². The van der Waals surface area contributed by atoms with Gasteiger partial charge in [-0.2, -0.15) is 0 Å². The van der Waals surface area contributed by atoms with Gasteiger partial charge in [-0.25, -0.2) is 0 Å². The summed E-state index contributed by atoms with van der Waals surface area (Å²) in [5, 5.41) is 13.1. The first-order valence-corrected chi connectivity index (χ1v) is 10.7. The molecule has 0 saturated heterocycles. The van der Waals surface area contributed by atoms with E-state index in [0.717, 1.165) is 5.56 Å². The molecule has 0 atom stereocenters. The third-order valence-electron chi connectivity index (χ3n) is 4.53. The number of hydrogen-bond donors (Lipinski definition) is 1. The Labute approximate surface area is 162 Å². The van der Waals surface area contributed by atoms with Gasteiger partial charge in [0.25, 0.3) is 9.04 Å². The first-order valence-electron chi connectivity index (χ1n) is 9.08. The maximum atomic E-state index is 10.7. The molecular weight excluding hydrogens is 352 g/mol. The quantitative estimate of drug-likeness (QED) is 0.689. The fourth-order valence-corrected chi connectivity index (χ4v) is 5.37. The Hall–Kier alpha value is -2.72. The molecule has 0 fully saturated rings. The Morgan fingerprint density at radius 2 is 1.33 bits per heavy atom. The topological polar surface area (TPSA) is 38.7 Å². The predicted molar refractivity (Wildman–Crippen MR) is 113 cm³/mol. The molecule has 3 rings (SSSR count). The van der Waals surface area contributed by atoms with Crippen molar-refractivity contribution in [3.63, 3.8) is 0 Å². The second-order valence-electron chi connectivity index (χ2n) is 7.59. The van der Waals surface area contributed by atoms with Crippen LogP contribution in [0, 0.1) is 0 Å². The molecule has 3 nitrogen and oxygen atoms in total. The second kappa shape index (κ2) is 7.88. The largest absolute Gasteiger partial charge is 0.535 e. The van der Waals surface area contributed by atoms with Crippen molar-refractivity contribution in [1.82, 2.24) is 0 Å². The molecule has 0 amide bonds. The predicted octanol–water partition coefficient (Wildman–Crippen LogP) is 3.62. The minimum Gasteiger partial charge on any atom is -0.535 e. The highest BCUT2D eigenvalue weighted by molar-refractivity contribution is 6.80. The minimum absolute atomic E-state index is 0.114. The Morgan fingerprint density at radius 1 is 0.815 bits per heavy atom. The molecule has 0 aliphatic rings. The van der Waals surface area contributed by atoms with Crippen molar-refractivity contribution in [3.05, 3.63) is 78.4 Å². The molecule has 0 bridgehead atoms. The Balaban J connectivity index is 2.12. The average Bonchev–Trinajstić information content (AvgIpc) is 2.67. The molecular formula is C23H26O3Si. The molecule has 0 unspecified atom stereocenters. The molecule has 27 heavy (non-hydrogen) atoms. The molecule has 0 spiro atoms. The Bertz CT molecular complexity index is 847. The number of phenols is 1. The molecule has 0 aromatic heterocycles. The second-order valence-corrected chi connectivity index (χ2v) is 9.92. The number of rotatable bonds is 5. The molecule has 3 aromatic rings. The zero-order valence-corrected chi connectivity index (χ0v) is 17.4. The third-order valence-corrected chi connectivity index (χ3v) is 6.98. The van der Waals surface area contributed by atoms with Gasteiger partial charge >= 0.3 is 0 Å². The van der Waals surface area contributed by atoms with E-state index in [1.54, 1.807) is 13.2 Å². The number of hydrogen-bond acceptors (Lipinski definition) is 3. The fourth-order valence-electron chi connectivity index (χ4n) is 3.09. The number of ether oxygens (including phenoxy) is 1. The summed E-state index contributed by atoms with van der Waals surface area (Å²) in [6.45, 7) is 6.32. The SMILES string of the molecule is COc1cc(O)c(O[SiH](c2ccccc2)c2ccccc2)c(C(C)(C)C)c1. The van der Waals surface area contributed by atoms with E-state index in [1.807, 2.05) is 42.5 Å². The number of benzene rings is 3. The normalized spacial score (nSPS) is 11.4. The maximum absolute atomic E-state index is 10.7. The lowest BCUT2D eigenvalue weighted by Gasteiger charge is -2.27. The summed E-state index contributed by atoms with van der Waals surface area (Å²) >= 11 is 0. The summed E-state index contributed by atoms with van der Waals surface area (Å²) in [5.74, 6) is 1.29. The van der Waals surface area contributed by atoms with Crippen molar-refractivity contribution in [2.24, 2.45) is 0 Å². The van der Waals surface area contributed by atoms with Crippen LogP contribution in [0.25, 0.3) is 0 Å². The number of phenolic OH excluding ortho intramolecular Hbond substituents is 1. The van der Waals surface area contributed by atoms with Crippen molar-refractivity contribution >= 4 is 19.4 Å². The first-order chi connectivity index (χ1) is 12.9. The zero-order chi connectivity index (χ0) is 19.4. The summed E-state index contributed by atoms with van der Waals surface area (Å²) in [7, 11) is -0.426. The highest BCUT2D eigenvalue weighted by atomic mass is 28.3. The lowest BCUT2D eigenvalue weighted by atomic mass is 9.86. The number of methoxy groups -OCH3 is 1. The van der Waals surface area contributed by atoms with Gasteiger partial charge in [0.05, 0.1) is 7.11 Å². The van der Waals surface area contributed by atoms with E-state index in [1.165, 1.54) is 10.4 Å². The highest BCUT2D eigenvalue weighted by Gasteiger charge is 2.27. The smallest absolute Gasteiger partial charge is 0.299 e. The maximum Gasteiger partial charge on any atom is 0.299 e. The van der Waals surface area contributed by atoms with Crippen molar-refractivity contribution < 1.29 is 14.3 Å². The molecule has 0 aliphatic carbocycles. The molecule has 0 saturated carbocycles. The summed E-state index contributed by atoms with van der Waals surface area (Å²) in [4.78, 5) is 0. The fraction of sp³-hybridized carbons (Fsp3) is 0.217. The Kier molecular flexibility index (Phi) is 5.56. The van der Waals surface area contributed by atoms with Gasteiger partial charge in [0.2, 0.25) is 0 Å². The van der Waals surface area contributed by atoms with E-state index in [4.69, 9.17) is 9.16 Å². The van der Waals surface area contributed by atoms with Gasteiger partial charge in [0.1, 0.15) is 5.75 Å². The third kappa shape index (κ3) is 4.34. The molecule has 0 aliphatic heterocycles. The van der Waals surface area contributed by atoms with Crippen LogP contribution in [0.5, 0.6) is 17.2 Å². The molecule has 140 valence electrons. The van der Waals surface area contributed by atoms with Crippen molar-refractivity contribution in [1.29, 1.82) is 0 Å². The van der Waals surface area contributed by atoms with Crippen molar-refractivity contribution in [2.45, 2.75) is 26.2 Å². The van der Waals surface area contributed by atoms with Crippen LogP contribution >= 0.6 is 0 Å². The van der Waals surface area contributed by atoms with Crippen LogP contribution in [0.1, 0.15) is 26.3 Å². The molecule has 1 N–H and O–H groups in total. The van der Waals surface area contributed by atoms with E-state index >= 15 is 0 Å². The van der Waals surface area contributed by atoms with E-state index in [2.05, 4.69) is 45.0 Å². The lowest BCUT2D eigenvalue weighted by Crippen LogP contribution is -2.47. The van der Waals surface area contributed by atoms with Gasteiger partial charge in [-0.3, -0.25) is 0 Å². The lowest BCUT2D eigenvalue weighted by molar-refractivity contribution is 0.394. The van der Waals surface area contributed by atoms with Crippen LogP contribution in [0.15, 0.2) is 72.8 Å². The van der Waals surface area contributed by atoms with Gasteiger partial charge < -0.3 is 14.3 Å².